The molecular weight excluding hydrogens is 308 g/mol. The maximum atomic E-state index is 12.0. The molecule has 0 fully saturated rings. The lowest BCUT2D eigenvalue weighted by atomic mass is 10.1. The molecule has 0 heterocycles. The van der Waals surface area contributed by atoms with Crippen molar-refractivity contribution in [2.75, 3.05) is 12.4 Å². The highest BCUT2D eigenvalue weighted by atomic mass is 16.5. The smallest absolute Gasteiger partial charge is 0.313 e. The lowest BCUT2D eigenvalue weighted by Gasteiger charge is -2.15. The van der Waals surface area contributed by atoms with Gasteiger partial charge in [0.25, 0.3) is 0 Å². The van der Waals surface area contributed by atoms with Gasteiger partial charge in [0.05, 0.1) is 18.8 Å². The van der Waals surface area contributed by atoms with Gasteiger partial charge in [-0.1, -0.05) is 18.2 Å². The number of amides is 2. The fourth-order valence-electron chi connectivity index (χ4n) is 2.17. The summed E-state index contributed by atoms with van der Waals surface area (Å²) in [5, 5.41) is 14.7. The van der Waals surface area contributed by atoms with Crippen LogP contribution in [0.25, 0.3) is 0 Å². The molecule has 2 amide bonds. The summed E-state index contributed by atoms with van der Waals surface area (Å²) in [5.41, 5.74) is 1.90. The van der Waals surface area contributed by atoms with E-state index in [1.165, 1.54) is 6.07 Å². The number of hydrogen-bond acceptors (Lipinski definition) is 4. The van der Waals surface area contributed by atoms with Gasteiger partial charge in [-0.3, -0.25) is 9.59 Å². The predicted molar refractivity (Wildman–Crippen MR) is 91.0 cm³/mol. The van der Waals surface area contributed by atoms with Crippen LogP contribution < -0.4 is 15.4 Å². The summed E-state index contributed by atoms with van der Waals surface area (Å²) in [6.45, 7) is 3.60. The summed E-state index contributed by atoms with van der Waals surface area (Å²) in [4.78, 5) is 24.0. The molecule has 2 rings (SSSR count). The van der Waals surface area contributed by atoms with Gasteiger partial charge in [-0.05, 0) is 49.2 Å². The second kappa shape index (κ2) is 7.50. The SMILES string of the molecule is COc1ccc(C(C)NC(=O)C(=O)Nc2cc(C)ccc2O)cc1. The molecule has 0 spiro atoms. The van der Waals surface area contributed by atoms with Crippen molar-refractivity contribution >= 4 is 17.5 Å². The maximum Gasteiger partial charge on any atom is 0.313 e. The minimum Gasteiger partial charge on any atom is -0.506 e. The fourth-order valence-corrected chi connectivity index (χ4v) is 2.17. The number of aryl methyl sites for hydroxylation is 1. The molecule has 2 aromatic rings. The van der Waals surface area contributed by atoms with Crippen molar-refractivity contribution in [3.63, 3.8) is 0 Å². The third-order valence-electron chi connectivity index (χ3n) is 3.57. The molecule has 0 radical (unpaired) electrons. The Hall–Kier alpha value is -3.02. The Labute approximate surface area is 140 Å². The molecule has 3 N–H and O–H groups in total. The number of aromatic hydroxyl groups is 1. The van der Waals surface area contributed by atoms with Crippen LogP contribution in [0.3, 0.4) is 0 Å². The Morgan fingerprint density at radius 3 is 2.38 bits per heavy atom. The normalized spacial score (nSPS) is 11.5. The lowest BCUT2D eigenvalue weighted by Crippen LogP contribution is -2.36. The number of phenolic OH excluding ortho intramolecular Hbond substituents is 1. The molecule has 0 aliphatic carbocycles. The summed E-state index contributed by atoms with van der Waals surface area (Å²) < 4.78 is 5.08. The highest BCUT2D eigenvalue weighted by Crippen LogP contribution is 2.23. The quantitative estimate of drug-likeness (QED) is 0.594. The fraction of sp³-hybridized carbons (Fsp3) is 0.222. The first-order chi connectivity index (χ1) is 11.4. The highest BCUT2D eigenvalue weighted by molar-refractivity contribution is 6.39. The number of hydrogen-bond donors (Lipinski definition) is 3. The Balaban J connectivity index is 2.00. The van der Waals surface area contributed by atoms with Crippen LogP contribution in [0, 0.1) is 6.92 Å². The summed E-state index contributed by atoms with van der Waals surface area (Å²) in [6.07, 6.45) is 0. The summed E-state index contributed by atoms with van der Waals surface area (Å²) >= 11 is 0. The first-order valence-corrected chi connectivity index (χ1v) is 7.46. The third kappa shape index (κ3) is 4.25. The number of ether oxygens (including phenoxy) is 1. The van der Waals surface area contributed by atoms with E-state index in [2.05, 4.69) is 10.6 Å². The molecule has 6 heteroatoms. The van der Waals surface area contributed by atoms with Crippen LogP contribution in [0.4, 0.5) is 5.69 Å². The molecule has 6 nitrogen and oxygen atoms in total. The summed E-state index contributed by atoms with van der Waals surface area (Å²) in [6, 6.07) is 11.6. The van der Waals surface area contributed by atoms with Gasteiger partial charge in [-0.25, -0.2) is 0 Å². The van der Waals surface area contributed by atoms with Crippen LogP contribution in [0.2, 0.25) is 0 Å². The van der Waals surface area contributed by atoms with Crippen molar-refractivity contribution in [3.8, 4) is 11.5 Å². The van der Waals surface area contributed by atoms with Crippen molar-refractivity contribution < 1.29 is 19.4 Å². The van der Waals surface area contributed by atoms with Gasteiger partial charge in [-0.2, -0.15) is 0 Å². The van der Waals surface area contributed by atoms with E-state index in [0.29, 0.717) is 5.75 Å². The van der Waals surface area contributed by atoms with E-state index in [-0.39, 0.29) is 17.5 Å². The lowest BCUT2D eigenvalue weighted by molar-refractivity contribution is -0.136. The van der Waals surface area contributed by atoms with Gasteiger partial charge in [0.2, 0.25) is 0 Å². The monoisotopic (exact) mass is 328 g/mol. The van der Waals surface area contributed by atoms with Gasteiger partial charge >= 0.3 is 11.8 Å². The van der Waals surface area contributed by atoms with Gasteiger partial charge < -0.3 is 20.5 Å². The molecule has 0 aliphatic heterocycles. The average molecular weight is 328 g/mol. The Morgan fingerprint density at radius 2 is 1.75 bits per heavy atom. The van der Waals surface area contributed by atoms with Crippen LogP contribution >= 0.6 is 0 Å². The van der Waals surface area contributed by atoms with Crippen molar-refractivity contribution in [1.29, 1.82) is 0 Å². The second-order valence-electron chi connectivity index (χ2n) is 5.44. The van der Waals surface area contributed by atoms with E-state index in [1.807, 2.05) is 19.1 Å². The zero-order chi connectivity index (χ0) is 17.7. The van der Waals surface area contributed by atoms with E-state index in [9.17, 15) is 14.7 Å². The molecule has 0 saturated carbocycles. The molecule has 0 aromatic heterocycles. The second-order valence-corrected chi connectivity index (χ2v) is 5.44. The number of methoxy groups -OCH3 is 1. The van der Waals surface area contributed by atoms with Crippen molar-refractivity contribution in [1.82, 2.24) is 5.32 Å². The Bertz CT molecular complexity index is 741. The van der Waals surface area contributed by atoms with Crippen molar-refractivity contribution in [2.24, 2.45) is 0 Å². The number of nitrogens with one attached hydrogen (secondary N) is 2. The first-order valence-electron chi connectivity index (χ1n) is 7.46. The van der Waals surface area contributed by atoms with Crippen LogP contribution in [-0.4, -0.2) is 24.0 Å². The number of phenols is 1. The number of carbonyl (C=O) groups is 2. The number of benzene rings is 2. The zero-order valence-corrected chi connectivity index (χ0v) is 13.8. The van der Waals surface area contributed by atoms with Crippen molar-refractivity contribution in [2.45, 2.75) is 19.9 Å². The standard InChI is InChI=1S/C18H20N2O4/c1-11-4-9-16(21)15(10-11)20-18(23)17(22)19-12(2)13-5-7-14(24-3)8-6-13/h4-10,12,21H,1-3H3,(H,19,22)(H,20,23). The average Bonchev–Trinajstić information content (AvgIpc) is 2.58. The highest BCUT2D eigenvalue weighted by Gasteiger charge is 2.18. The molecule has 2 aromatic carbocycles. The topological polar surface area (TPSA) is 87.7 Å². The minimum absolute atomic E-state index is 0.0926. The number of carbonyl (C=O) groups excluding carboxylic acids is 2. The van der Waals surface area contributed by atoms with Crippen molar-refractivity contribution in [3.05, 3.63) is 53.6 Å². The maximum absolute atomic E-state index is 12.0. The largest absolute Gasteiger partial charge is 0.506 e. The van der Waals surface area contributed by atoms with Gasteiger partial charge in [-0.15, -0.1) is 0 Å². The van der Waals surface area contributed by atoms with Crippen LogP contribution in [-0.2, 0) is 9.59 Å². The zero-order valence-electron chi connectivity index (χ0n) is 13.8. The van der Waals surface area contributed by atoms with Gasteiger partial charge in [0, 0.05) is 0 Å². The molecule has 0 bridgehead atoms. The van der Waals surface area contributed by atoms with Gasteiger partial charge in [0.1, 0.15) is 11.5 Å². The van der Waals surface area contributed by atoms with E-state index in [1.54, 1.807) is 38.3 Å². The van der Waals surface area contributed by atoms with Crippen LogP contribution in [0.5, 0.6) is 11.5 Å². The molecule has 24 heavy (non-hydrogen) atoms. The molecule has 126 valence electrons. The Kier molecular flexibility index (Phi) is 5.42. The van der Waals surface area contributed by atoms with E-state index < -0.39 is 11.8 Å². The summed E-state index contributed by atoms with van der Waals surface area (Å²) in [7, 11) is 1.57. The molecule has 0 saturated heterocycles. The predicted octanol–water partition coefficient (Wildman–Crippen LogP) is 2.53. The minimum atomic E-state index is -0.837. The van der Waals surface area contributed by atoms with E-state index in [0.717, 1.165) is 11.1 Å². The van der Waals surface area contributed by atoms with E-state index in [4.69, 9.17) is 4.74 Å². The third-order valence-corrected chi connectivity index (χ3v) is 3.57. The first kappa shape index (κ1) is 17.3. The Morgan fingerprint density at radius 1 is 1.08 bits per heavy atom. The number of anilines is 1. The number of rotatable bonds is 4. The summed E-state index contributed by atoms with van der Waals surface area (Å²) in [5.74, 6) is -0.995. The molecule has 1 atom stereocenters. The molecule has 1 unspecified atom stereocenters. The van der Waals surface area contributed by atoms with E-state index >= 15 is 0 Å². The van der Waals surface area contributed by atoms with Crippen LogP contribution in [0.1, 0.15) is 24.1 Å². The van der Waals surface area contributed by atoms with Crippen LogP contribution in [0.15, 0.2) is 42.5 Å². The van der Waals surface area contributed by atoms with Gasteiger partial charge in [0.15, 0.2) is 0 Å². The molecule has 0 aliphatic rings. The molecular formula is C18H20N2O4.